The van der Waals surface area contributed by atoms with Crippen LogP contribution in [0.25, 0.3) is 10.8 Å². The number of fused-ring (bicyclic) bond motifs is 2. The number of anilines is 2. The molecule has 146 valence electrons. The molecule has 0 aromatic heterocycles. The van der Waals surface area contributed by atoms with Gasteiger partial charge in [0.15, 0.2) is 6.61 Å². The van der Waals surface area contributed by atoms with Crippen molar-refractivity contribution in [3.63, 3.8) is 0 Å². The molecule has 0 saturated carbocycles. The van der Waals surface area contributed by atoms with Gasteiger partial charge in [0.1, 0.15) is 0 Å². The molecule has 0 fully saturated rings. The van der Waals surface area contributed by atoms with Gasteiger partial charge in [-0.3, -0.25) is 14.4 Å². The first-order valence-corrected chi connectivity index (χ1v) is 9.97. The number of rotatable bonds is 5. The molecule has 0 radical (unpaired) electrons. The summed E-state index contributed by atoms with van der Waals surface area (Å²) in [6.45, 7) is -0.402. The third-order valence-electron chi connectivity index (χ3n) is 4.46. The molecule has 7 heteroatoms. The van der Waals surface area contributed by atoms with E-state index >= 15 is 0 Å². The number of nitrogens with one attached hydrogen (secondary N) is 2. The monoisotopic (exact) mass is 406 g/mol. The summed E-state index contributed by atoms with van der Waals surface area (Å²) in [4.78, 5) is 37.3. The van der Waals surface area contributed by atoms with Crippen LogP contribution in [-0.2, 0) is 19.1 Å². The molecule has 0 spiro atoms. The number of thioether (sulfide) groups is 1. The average molecular weight is 406 g/mol. The Labute approximate surface area is 171 Å². The van der Waals surface area contributed by atoms with E-state index in [1.807, 2.05) is 60.7 Å². The molecule has 0 aliphatic carbocycles. The fourth-order valence-electron chi connectivity index (χ4n) is 3.05. The lowest BCUT2D eigenvalue weighted by Gasteiger charge is -2.23. The molecule has 4 rings (SSSR count). The summed E-state index contributed by atoms with van der Waals surface area (Å²) in [6.07, 6.45) is -0.103. The van der Waals surface area contributed by atoms with Gasteiger partial charge >= 0.3 is 5.97 Å². The number of hydrogen-bond donors (Lipinski definition) is 2. The van der Waals surface area contributed by atoms with Crippen LogP contribution < -0.4 is 10.6 Å². The van der Waals surface area contributed by atoms with Gasteiger partial charge in [0.2, 0.25) is 5.91 Å². The maximum absolute atomic E-state index is 12.2. The van der Waals surface area contributed by atoms with Gasteiger partial charge in [-0.15, -0.1) is 11.8 Å². The first-order valence-electron chi connectivity index (χ1n) is 9.09. The summed E-state index contributed by atoms with van der Waals surface area (Å²) in [5.74, 6) is -1.27. The van der Waals surface area contributed by atoms with Crippen LogP contribution >= 0.6 is 11.8 Å². The number of hydrogen-bond acceptors (Lipinski definition) is 5. The molecule has 3 aromatic rings. The van der Waals surface area contributed by atoms with Crippen molar-refractivity contribution < 1.29 is 19.1 Å². The highest BCUT2D eigenvalue weighted by Gasteiger charge is 2.29. The van der Waals surface area contributed by atoms with Crippen LogP contribution in [0.4, 0.5) is 11.4 Å². The minimum absolute atomic E-state index is 0.103. The third-order valence-corrected chi connectivity index (χ3v) is 5.73. The number of benzene rings is 3. The molecule has 29 heavy (non-hydrogen) atoms. The fraction of sp³-hybridized carbons (Fsp3) is 0.136. The van der Waals surface area contributed by atoms with Crippen LogP contribution in [0, 0.1) is 0 Å². The minimum atomic E-state index is -0.592. The standard InChI is InChI=1S/C22H18N2O4S/c25-20(23-16-10-9-14-5-1-2-6-15(14)11-16)13-28-21(26)12-19-22(27)24-17-7-3-4-8-18(17)29-19/h1-11,19H,12-13H2,(H,23,25)(H,24,27)/t19-/m1/s1. The Bertz CT molecular complexity index is 1100. The maximum Gasteiger partial charge on any atom is 0.307 e. The summed E-state index contributed by atoms with van der Waals surface area (Å²) in [6, 6.07) is 20.8. The van der Waals surface area contributed by atoms with E-state index in [1.54, 1.807) is 6.07 Å². The molecule has 0 bridgehead atoms. The number of esters is 1. The Morgan fingerprint density at radius 3 is 2.62 bits per heavy atom. The van der Waals surface area contributed by atoms with Crippen LogP contribution in [0.1, 0.15) is 6.42 Å². The summed E-state index contributed by atoms with van der Waals surface area (Å²) < 4.78 is 5.06. The van der Waals surface area contributed by atoms with Gasteiger partial charge in [0.25, 0.3) is 5.91 Å². The molecule has 2 amide bonds. The second-order valence-electron chi connectivity index (χ2n) is 6.57. The lowest BCUT2D eigenvalue weighted by Crippen LogP contribution is -2.32. The van der Waals surface area contributed by atoms with Gasteiger partial charge in [0, 0.05) is 10.6 Å². The number of ether oxygens (including phenoxy) is 1. The van der Waals surface area contributed by atoms with Gasteiger partial charge in [0.05, 0.1) is 17.4 Å². The van der Waals surface area contributed by atoms with Gasteiger partial charge in [-0.05, 0) is 35.0 Å². The van der Waals surface area contributed by atoms with Gasteiger partial charge in [-0.2, -0.15) is 0 Å². The molecule has 3 aromatic carbocycles. The maximum atomic E-state index is 12.2. The number of amides is 2. The van der Waals surface area contributed by atoms with E-state index in [9.17, 15) is 14.4 Å². The van der Waals surface area contributed by atoms with Gasteiger partial charge in [-0.1, -0.05) is 42.5 Å². The van der Waals surface area contributed by atoms with Crippen LogP contribution in [-0.4, -0.2) is 29.6 Å². The highest BCUT2D eigenvalue weighted by atomic mass is 32.2. The highest BCUT2D eigenvalue weighted by Crippen LogP contribution is 2.36. The molecule has 1 aliphatic heterocycles. The number of carbonyl (C=O) groups excluding carboxylic acids is 3. The van der Waals surface area contributed by atoms with E-state index in [-0.39, 0.29) is 12.3 Å². The first kappa shape index (κ1) is 19.0. The van der Waals surface area contributed by atoms with E-state index in [0.717, 1.165) is 21.4 Å². The fourth-order valence-corrected chi connectivity index (χ4v) is 4.14. The van der Waals surface area contributed by atoms with Crippen LogP contribution in [0.15, 0.2) is 71.6 Å². The second-order valence-corrected chi connectivity index (χ2v) is 7.81. The molecule has 1 atom stereocenters. The van der Waals surface area contributed by atoms with E-state index in [1.165, 1.54) is 11.8 Å². The normalized spacial score (nSPS) is 15.3. The minimum Gasteiger partial charge on any atom is -0.456 e. The molecule has 1 aliphatic rings. The topological polar surface area (TPSA) is 84.5 Å². The van der Waals surface area contributed by atoms with Crippen molar-refractivity contribution in [3.8, 4) is 0 Å². The molecule has 0 saturated heterocycles. The zero-order valence-electron chi connectivity index (χ0n) is 15.4. The van der Waals surface area contributed by atoms with Crippen molar-refractivity contribution in [1.29, 1.82) is 0 Å². The van der Waals surface area contributed by atoms with Crippen molar-refractivity contribution in [1.82, 2.24) is 0 Å². The third kappa shape index (κ3) is 4.57. The van der Waals surface area contributed by atoms with E-state index in [2.05, 4.69) is 10.6 Å². The van der Waals surface area contributed by atoms with Crippen molar-refractivity contribution in [2.45, 2.75) is 16.6 Å². The van der Waals surface area contributed by atoms with Crippen molar-refractivity contribution in [3.05, 3.63) is 66.7 Å². The Balaban J connectivity index is 1.29. The van der Waals surface area contributed by atoms with Crippen molar-refractivity contribution >= 4 is 51.7 Å². The zero-order valence-corrected chi connectivity index (χ0v) is 16.2. The SMILES string of the molecule is O=C(COC(=O)C[C@H]1Sc2ccccc2NC1=O)Nc1ccc2ccccc2c1. The van der Waals surface area contributed by atoms with E-state index < -0.39 is 23.7 Å². The van der Waals surface area contributed by atoms with Crippen LogP contribution in [0.3, 0.4) is 0 Å². The summed E-state index contributed by atoms with van der Waals surface area (Å²) >= 11 is 1.32. The molecular formula is C22H18N2O4S. The molecule has 2 N–H and O–H groups in total. The highest BCUT2D eigenvalue weighted by molar-refractivity contribution is 8.01. The lowest BCUT2D eigenvalue weighted by molar-refractivity contribution is -0.147. The predicted molar refractivity (Wildman–Crippen MR) is 113 cm³/mol. The Kier molecular flexibility index (Phi) is 5.48. The summed E-state index contributed by atoms with van der Waals surface area (Å²) in [5, 5.41) is 6.99. The van der Waals surface area contributed by atoms with Crippen LogP contribution in [0.5, 0.6) is 0 Å². The Morgan fingerprint density at radius 2 is 1.76 bits per heavy atom. The number of para-hydroxylation sites is 1. The molecule has 0 unspecified atom stereocenters. The lowest BCUT2D eigenvalue weighted by atomic mass is 10.1. The molecule has 6 nitrogen and oxygen atoms in total. The Hall–Kier alpha value is -3.32. The molecular weight excluding hydrogens is 388 g/mol. The Morgan fingerprint density at radius 1 is 1.00 bits per heavy atom. The van der Waals surface area contributed by atoms with E-state index in [4.69, 9.17) is 4.74 Å². The van der Waals surface area contributed by atoms with Crippen molar-refractivity contribution in [2.75, 3.05) is 17.2 Å². The van der Waals surface area contributed by atoms with Crippen molar-refractivity contribution in [2.24, 2.45) is 0 Å². The van der Waals surface area contributed by atoms with Gasteiger partial charge < -0.3 is 15.4 Å². The largest absolute Gasteiger partial charge is 0.456 e. The average Bonchev–Trinajstić information content (AvgIpc) is 2.73. The molecule has 1 heterocycles. The van der Waals surface area contributed by atoms with E-state index in [0.29, 0.717) is 5.69 Å². The number of carbonyl (C=O) groups is 3. The van der Waals surface area contributed by atoms with Gasteiger partial charge in [-0.25, -0.2) is 0 Å². The quantitative estimate of drug-likeness (QED) is 0.629. The predicted octanol–water partition coefficient (Wildman–Crippen LogP) is 3.82. The first-order chi connectivity index (χ1) is 14.1. The second kappa shape index (κ2) is 8.36. The summed E-state index contributed by atoms with van der Waals surface area (Å²) in [7, 11) is 0. The summed E-state index contributed by atoms with van der Waals surface area (Å²) in [5.41, 5.74) is 1.37. The smallest absolute Gasteiger partial charge is 0.307 e. The van der Waals surface area contributed by atoms with Crippen LogP contribution in [0.2, 0.25) is 0 Å². The zero-order chi connectivity index (χ0) is 20.2.